The zero-order chi connectivity index (χ0) is 27.0. The summed E-state index contributed by atoms with van der Waals surface area (Å²) in [6, 6.07) is 21.7. The number of benzene rings is 3. The molecule has 0 aromatic heterocycles. The second-order valence-electron chi connectivity index (χ2n) is 9.89. The first-order valence-electron chi connectivity index (χ1n) is 12.4. The van der Waals surface area contributed by atoms with Crippen molar-refractivity contribution in [3.05, 3.63) is 99.5 Å². The number of likely N-dealkylation sites (N-methyl/N-ethyl adjacent to an activating group) is 1. The van der Waals surface area contributed by atoms with Crippen LogP contribution in [-0.2, 0) is 28.0 Å². The molecule has 1 N–H and O–H groups in total. The summed E-state index contributed by atoms with van der Waals surface area (Å²) >= 11 is 12.9. The van der Waals surface area contributed by atoms with Crippen LogP contribution >= 0.6 is 23.2 Å². The first-order chi connectivity index (χ1) is 17.6. The molecule has 196 valence electrons. The lowest BCUT2D eigenvalue weighted by Crippen LogP contribution is -2.51. The summed E-state index contributed by atoms with van der Waals surface area (Å²) in [4.78, 5) is 28.4. The molecule has 0 unspecified atom stereocenters. The fourth-order valence-electron chi connectivity index (χ4n) is 3.98. The van der Waals surface area contributed by atoms with Crippen molar-refractivity contribution in [1.29, 1.82) is 0 Å². The van der Waals surface area contributed by atoms with Crippen LogP contribution in [0.2, 0.25) is 10.0 Å². The van der Waals surface area contributed by atoms with Gasteiger partial charge in [-0.05, 0) is 47.7 Å². The summed E-state index contributed by atoms with van der Waals surface area (Å²) < 4.78 is 5.87. The zero-order valence-corrected chi connectivity index (χ0v) is 23.3. The van der Waals surface area contributed by atoms with Crippen molar-refractivity contribution < 1.29 is 14.3 Å². The predicted molar refractivity (Wildman–Crippen MR) is 150 cm³/mol. The van der Waals surface area contributed by atoms with Gasteiger partial charge in [0.25, 0.3) is 5.91 Å². The van der Waals surface area contributed by atoms with Crippen molar-refractivity contribution >= 4 is 35.0 Å². The molecule has 0 aliphatic heterocycles. The number of nitrogens with zero attached hydrogens (tertiary/aromatic N) is 1. The minimum Gasteiger partial charge on any atom is -0.484 e. The molecule has 0 radical (unpaired) electrons. The Balaban J connectivity index is 1.90. The van der Waals surface area contributed by atoms with Gasteiger partial charge in [0.1, 0.15) is 11.8 Å². The van der Waals surface area contributed by atoms with Crippen LogP contribution in [0, 0.1) is 0 Å². The van der Waals surface area contributed by atoms with Crippen LogP contribution in [0.5, 0.6) is 5.75 Å². The molecule has 0 saturated carbocycles. The molecule has 3 aromatic rings. The number of rotatable bonds is 10. The second-order valence-corrected chi connectivity index (χ2v) is 10.7. The second kappa shape index (κ2) is 13.0. The van der Waals surface area contributed by atoms with E-state index >= 15 is 0 Å². The van der Waals surface area contributed by atoms with E-state index < -0.39 is 6.04 Å². The molecule has 7 heteroatoms. The molecule has 0 bridgehead atoms. The Labute approximate surface area is 229 Å². The van der Waals surface area contributed by atoms with Crippen molar-refractivity contribution in [3.63, 3.8) is 0 Å². The molecule has 0 aliphatic carbocycles. The number of hydrogen-bond donors (Lipinski definition) is 1. The molecular weight excluding hydrogens is 507 g/mol. The van der Waals surface area contributed by atoms with E-state index in [0.29, 0.717) is 34.3 Å². The Hall–Kier alpha value is -3.02. The lowest BCUT2D eigenvalue weighted by atomic mass is 9.87. The summed E-state index contributed by atoms with van der Waals surface area (Å²) in [5.74, 6) is -0.0184. The average Bonchev–Trinajstić information content (AvgIpc) is 2.86. The Morgan fingerprint density at radius 1 is 0.919 bits per heavy atom. The number of halogens is 2. The lowest BCUT2D eigenvalue weighted by molar-refractivity contribution is -0.142. The average molecular weight is 542 g/mol. The van der Waals surface area contributed by atoms with E-state index in [-0.39, 0.29) is 30.4 Å². The molecule has 3 aromatic carbocycles. The highest BCUT2D eigenvalue weighted by molar-refractivity contribution is 6.36. The lowest BCUT2D eigenvalue weighted by Gasteiger charge is -2.32. The van der Waals surface area contributed by atoms with Gasteiger partial charge in [0, 0.05) is 35.1 Å². The van der Waals surface area contributed by atoms with Gasteiger partial charge in [-0.1, -0.05) is 92.5 Å². The molecule has 0 spiro atoms. The molecule has 0 aliphatic rings. The third-order valence-electron chi connectivity index (χ3n) is 6.09. The van der Waals surface area contributed by atoms with Crippen molar-refractivity contribution in [2.45, 2.75) is 52.1 Å². The van der Waals surface area contributed by atoms with Crippen LogP contribution in [-0.4, -0.2) is 35.9 Å². The summed E-state index contributed by atoms with van der Waals surface area (Å²) in [6.45, 7) is 8.53. The van der Waals surface area contributed by atoms with Gasteiger partial charge in [-0.2, -0.15) is 0 Å². The van der Waals surface area contributed by atoms with Crippen molar-refractivity contribution in [1.82, 2.24) is 10.2 Å². The Morgan fingerprint density at radius 3 is 2.11 bits per heavy atom. The number of carbonyl (C=O) groups excluding carboxylic acids is 2. The van der Waals surface area contributed by atoms with Crippen LogP contribution < -0.4 is 10.1 Å². The van der Waals surface area contributed by atoms with Gasteiger partial charge < -0.3 is 15.0 Å². The third kappa shape index (κ3) is 7.98. The van der Waals surface area contributed by atoms with Crippen LogP contribution in [0.25, 0.3) is 0 Å². The van der Waals surface area contributed by atoms with E-state index in [1.165, 1.54) is 10.5 Å². The summed E-state index contributed by atoms with van der Waals surface area (Å²) in [5, 5.41) is 3.73. The van der Waals surface area contributed by atoms with Gasteiger partial charge in [-0.25, -0.2) is 0 Å². The molecule has 0 heterocycles. The van der Waals surface area contributed by atoms with Crippen molar-refractivity contribution in [3.8, 4) is 5.75 Å². The van der Waals surface area contributed by atoms with E-state index in [1.54, 1.807) is 18.2 Å². The van der Waals surface area contributed by atoms with Gasteiger partial charge in [-0.15, -0.1) is 0 Å². The maximum atomic E-state index is 13.6. The Kier molecular flexibility index (Phi) is 10.0. The monoisotopic (exact) mass is 540 g/mol. The highest BCUT2D eigenvalue weighted by Gasteiger charge is 2.31. The molecule has 0 saturated heterocycles. The van der Waals surface area contributed by atoms with Crippen LogP contribution in [0.15, 0.2) is 72.8 Å². The molecular formula is C30H34Cl2N2O3. The zero-order valence-electron chi connectivity index (χ0n) is 21.8. The SMILES string of the molecule is CCNC(=O)[C@H](Cc1ccccc1)N(Cc1c(Cl)cccc1Cl)C(=O)COc1ccc(C(C)(C)C)cc1. The molecule has 1 atom stereocenters. The normalized spacial score (nSPS) is 12.1. The van der Waals surface area contributed by atoms with E-state index in [0.717, 1.165) is 5.56 Å². The standard InChI is InChI=1S/C30H34Cl2N2O3/c1-5-33-29(36)27(18-21-10-7-6-8-11-21)34(19-24-25(31)12-9-13-26(24)32)28(35)20-37-23-16-14-22(15-17-23)30(2,3)4/h6-17,27H,5,18-20H2,1-4H3,(H,33,36)/t27-/m0/s1. The van der Waals surface area contributed by atoms with Gasteiger partial charge in [0.15, 0.2) is 6.61 Å². The fraction of sp³-hybridized carbons (Fsp3) is 0.333. The van der Waals surface area contributed by atoms with Gasteiger partial charge in [0.2, 0.25) is 5.91 Å². The number of amides is 2. The molecule has 3 rings (SSSR count). The molecule has 0 fully saturated rings. The minimum absolute atomic E-state index is 0.0106. The maximum absolute atomic E-state index is 13.6. The third-order valence-corrected chi connectivity index (χ3v) is 6.80. The first kappa shape index (κ1) is 28.5. The smallest absolute Gasteiger partial charge is 0.261 e. The largest absolute Gasteiger partial charge is 0.484 e. The Morgan fingerprint density at radius 2 is 1.54 bits per heavy atom. The highest BCUT2D eigenvalue weighted by Crippen LogP contribution is 2.28. The Bertz CT molecular complexity index is 1170. The van der Waals surface area contributed by atoms with E-state index in [4.69, 9.17) is 27.9 Å². The molecule has 2 amide bonds. The summed E-state index contributed by atoms with van der Waals surface area (Å²) in [6.07, 6.45) is 0.334. The highest BCUT2D eigenvalue weighted by atomic mass is 35.5. The molecule has 5 nitrogen and oxygen atoms in total. The number of hydrogen-bond acceptors (Lipinski definition) is 3. The van der Waals surface area contributed by atoms with Crippen molar-refractivity contribution in [2.24, 2.45) is 0 Å². The quantitative estimate of drug-likeness (QED) is 0.321. The minimum atomic E-state index is -0.783. The molecule has 37 heavy (non-hydrogen) atoms. The topological polar surface area (TPSA) is 58.6 Å². The van der Waals surface area contributed by atoms with E-state index in [9.17, 15) is 9.59 Å². The van der Waals surface area contributed by atoms with E-state index in [2.05, 4.69) is 26.1 Å². The number of ether oxygens (including phenoxy) is 1. The van der Waals surface area contributed by atoms with Crippen LogP contribution in [0.4, 0.5) is 0 Å². The van der Waals surface area contributed by atoms with E-state index in [1.807, 2.05) is 61.5 Å². The summed E-state index contributed by atoms with van der Waals surface area (Å²) in [7, 11) is 0. The number of carbonyl (C=O) groups is 2. The maximum Gasteiger partial charge on any atom is 0.261 e. The fourth-order valence-corrected chi connectivity index (χ4v) is 4.50. The van der Waals surface area contributed by atoms with Crippen LogP contribution in [0.1, 0.15) is 44.4 Å². The first-order valence-corrected chi connectivity index (χ1v) is 13.1. The van der Waals surface area contributed by atoms with Crippen LogP contribution in [0.3, 0.4) is 0 Å². The van der Waals surface area contributed by atoms with Gasteiger partial charge in [0.05, 0.1) is 0 Å². The van der Waals surface area contributed by atoms with Gasteiger partial charge in [-0.3, -0.25) is 9.59 Å². The number of nitrogens with one attached hydrogen (secondary N) is 1. The summed E-state index contributed by atoms with van der Waals surface area (Å²) in [5.41, 5.74) is 2.69. The van der Waals surface area contributed by atoms with Gasteiger partial charge >= 0.3 is 0 Å². The predicted octanol–water partition coefficient (Wildman–Crippen LogP) is 6.45. The van der Waals surface area contributed by atoms with Crippen molar-refractivity contribution in [2.75, 3.05) is 13.2 Å².